The van der Waals surface area contributed by atoms with E-state index < -0.39 is 5.97 Å². The van der Waals surface area contributed by atoms with Crippen LogP contribution in [0.2, 0.25) is 10.0 Å². The van der Waals surface area contributed by atoms with Crippen LogP contribution in [0.25, 0.3) is 5.57 Å². The van der Waals surface area contributed by atoms with Crippen molar-refractivity contribution < 1.29 is 19.4 Å². The van der Waals surface area contributed by atoms with Gasteiger partial charge in [0.2, 0.25) is 0 Å². The summed E-state index contributed by atoms with van der Waals surface area (Å²) in [5.74, 6) is 0.467. The molecule has 0 unspecified atom stereocenters. The van der Waals surface area contributed by atoms with Gasteiger partial charge in [-0.15, -0.1) is 0 Å². The van der Waals surface area contributed by atoms with E-state index in [1.54, 1.807) is 37.3 Å². The molecule has 0 amide bonds. The largest absolute Gasteiger partial charge is 0.490 e. The molecule has 0 saturated carbocycles. The summed E-state index contributed by atoms with van der Waals surface area (Å²) in [4.78, 5) is 11.5. The minimum Gasteiger partial charge on any atom is -0.490 e. The van der Waals surface area contributed by atoms with Crippen molar-refractivity contribution >= 4 is 34.7 Å². The number of rotatable bonds is 9. The Labute approximate surface area is 175 Å². The molecule has 0 aliphatic carbocycles. The van der Waals surface area contributed by atoms with Crippen molar-refractivity contribution in [3.8, 4) is 11.5 Å². The van der Waals surface area contributed by atoms with Crippen LogP contribution in [0.5, 0.6) is 11.5 Å². The Morgan fingerprint density at radius 3 is 2.36 bits per heavy atom. The highest BCUT2D eigenvalue weighted by atomic mass is 35.5. The predicted octanol–water partition coefficient (Wildman–Crippen LogP) is 6.49. The van der Waals surface area contributed by atoms with E-state index in [0.29, 0.717) is 39.6 Å². The van der Waals surface area contributed by atoms with Crippen LogP contribution < -0.4 is 9.47 Å². The van der Waals surface area contributed by atoms with Crippen LogP contribution in [-0.4, -0.2) is 17.7 Å². The molecular formula is C22H24Cl2O4. The number of hydrogen-bond acceptors (Lipinski definition) is 3. The summed E-state index contributed by atoms with van der Waals surface area (Å²) in [5, 5.41) is 10.1. The molecule has 0 fully saturated rings. The van der Waals surface area contributed by atoms with E-state index in [1.807, 2.05) is 12.1 Å². The van der Waals surface area contributed by atoms with Gasteiger partial charge in [-0.05, 0) is 30.4 Å². The Bertz CT molecular complexity index is 836. The van der Waals surface area contributed by atoms with Crippen LogP contribution in [-0.2, 0) is 11.4 Å². The first-order valence-corrected chi connectivity index (χ1v) is 9.81. The summed E-state index contributed by atoms with van der Waals surface area (Å²) in [6, 6.07) is 10.5. The molecule has 0 atom stereocenters. The second-order valence-corrected chi connectivity index (χ2v) is 7.51. The lowest BCUT2D eigenvalue weighted by Gasteiger charge is -2.15. The standard InChI is InChI=1S/C22H24Cl2O4/c1-4-17(22(25)26)18-8-6-5-7-15(18)13-28-16-11-19(23)21(20(24)12-16)27-10-9-14(2)3/h4-8,11-12,14H,9-10,13H2,1-3H3,(H,25,26)/b17-4+. The Morgan fingerprint density at radius 1 is 1.14 bits per heavy atom. The van der Waals surface area contributed by atoms with E-state index in [4.69, 9.17) is 32.7 Å². The van der Waals surface area contributed by atoms with Gasteiger partial charge in [0.1, 0.15) is 12.4 Å². The van der Waals surface area contributed by atoms with Gasteiger partial charge in [-0.2, -0.15) is 0 Å². The van der Waals surface area contributed by atoms with Crippen LogP contribution >= 0.6 is 23.2 Å². The van der Waals surface area contributed by atoms with Gasteiger partial charge in [0.25, 0.3) is 0 Å². The summed E-state index contributed by atoms with van der Waals surface area (Å²) in [7, 11) is 0. The molecule has 0 spiro atoms. The lowest BCUT2D eigenvalue weighted by Crippen LogP contribution is -2.05. The Hall–Kier alpha value is -2.17. The van der Waals surface area contributed by atoms with Crippen molar-refractivity contribution in [3.63, 3.8) is 0 Å². The van der Waals surface area contributed by atoms with Crippen LogP contribution in [0.15, 0.2) is 42.5 Å². The molecule has 0 aromatic heterocycles. The second kappa shape index (κ2) is 10.4. The fraction of sp³-hybridized carbons (Fsp3) is 0.318. The van der Waals surface area contributed by atoms with E-state index in [2.05, 4.69) is 13.8 Å². The zero-order valence-corrected chi connectivity index (χ0v) is 17.7. The van der Waals surface area contributed by atoms with Gasteiger partial charge in [-0.25, -0.2) is 4.79 Å². The maximum Gasteiger partial charge on any atom is 0.335 e. The fourth-order valence-electron chi connectivity index (χ4n) is 2.62. The molecule has 0 saturated heterocycles. The Morgan fingerprint density at radius 2 is 1.79 bits per heavy atom. The number of halogens is 2. The number of allylic oxidation sites excluding steroid dienone is 1. The molecule has 28 heavy (non-hydrogen) atoms. The first kappa shape index (κ1) is 22.1. The summed E-state index contributed by atoms with van der Waals surface area (Å²) in [5.41, 5.74) is 1.59. The average molecular weight is 423 g/mol. The van der Waals surface area contributed by atoms with E-state index in [0.717, 1.165) is 12.0 Å². The molecule has 1 N–H and O–H groups in total. The maximum absolute atomic E-state index is 11.5. The van der Waals surface area contributed by atoms with E-state index in [-0.39, 0.29) is 12.2 Å². The van der Waals surface area contributed by atoms with Crippen LogP contribution in [0, 0.1) is 5.92 Å². The number of ether oxygens (including phenoxy) is 2. The van der Waals surface area contributed by atoms with Crippen molar-refractivity contribution in [2.75, 3.05) is 6.61 Å². The molecule has 0 aliphatic heterocycles. The normalized spacial score (nSPS) is 11.6. The zero-order valence-electron chi connectivity index (χ0n) is 16.2. The van der Waals surface area contributed by atoms with E-state index in [1.165, 1.54) is 0 Å². The van der Waals surface area contributed by atoms with Gasteiger partial charge >= 0.3 is 5.97 Å². The highest BCUT2D eigenvalue weighted by molar-refractivity contribution is 6.37. The third-order valence-corrected chi connectivity index (χ3v) is 4.70. The first-order valence-electron chi connectivity index (χ1n) is 9.06. The zero-order chi connectivity index (χ0) is 20.7. The van der Waals surface area contributed by atoms with E-state index >= 15 is 0 Å². The van der Waals surface area contributed by atoms with Crippen LogP contribution in [0.4, 0.5) is 0 Å². The average Bonchev–Trinajstić information content (AvgIpc) is 2.63. The second-order valence-electron chi connectivity index (χ2n) is 6.70. The van der Waals surface area contributed by atoms with Gasteiger partial charge < -0.3 is 14.6 Å². The Kier molecular flexibility index (Phi) is 8.21. The highest BCUT2D eigenvalue weighted by Crippen LogP contribution is 2.37. The lowest BCUT2D eigenvalue weighted by atomic mass is 10.00. The smallest absolute Gasteiger partial charge is 0.335 e. The molecule has 2 aromatic rings. The maximum atomic E-state index is 11.5. The summed E-state index contributed by atoms with van der Waals surface area (Å²) in [6.07, 6.45) is 2.47. The van der Waals surface area contributed by atoms with Crippen LogP contribution in [0.3, 0.4) is 0 Å². The van der Waals surface area contributed by atoms with Crippen molar-refractivity contribution in [2.24, 2.45) is 5.92 Å². The monoisotopic (exact) mass is 422 g/mol. The van der Waals surface area contributed by atoms with Crippen LogP contribution in [0.1, 0.15) is 38.3 Å². The number of hydrogen-bond donors (Lipinski definition) is 1. The van der Waals surface area contributed by atoms with Gasteiger partial charge in [-0.1, -0.05) is 67.4 Å². The number of benzene rings is 2. The molecule has 150 valence electrons. The Balaban J connectivity index is 2.15. The lowest BCUT2D eigenvalue weighted by molar-refractivity contribution is -0.130. The number of carboxylic acids is 1. The van der Waals surface area contributed by atoms with Crippen molar-refractivity contribution in [1.82, 2.24) is 0 Å². The molecule has 2 rings (SSSR count). The topological polar surface area (TPSA) is 55.8 Å². The fourth-order valence-corrected chi connectivity index (χ4v) is 3.19. The number of carbonyl (C=O) groups is 1. The van der Waals surface area contributed by atoms with Crippen molar-refractivity contribution in [2.45, 2.75) is 33.8 Å². The molecule has 0 aliphatic rings. The molecule has 2 aromatic carbocycles. The van der Waals surface area contributed by atoms with Gasteiger partial charge in [0.15, 0.2) is 5.75 Å². The summed E-state index contributed by atoms with van der Waals surface area (Å²) in [6.45, 7) is 6.64. The summed E-state index contributed by atoms with van der Waals surface area (Å²) >= 11 is 12.6. The number of aliphatic carboxylic acids is 1. The van der Waals surface area contributed by atoms with Crippen molar-refractivity contribution in [1.29, 1.82) is 0 Å². The third-order valence-electron chi connectivity index (χ3n) is 4.13. The quantitative estimate of drug-likeness (QED) is 0.469. The first-order chi connectivity index (χ1) is 13.3. The molecule has 0 bridgehead atoms. The van der Waals surface area contributed by atoms with Gasteiger partial charge in [0.05, 0.1) is 22.2 Å². The predicted molar refractivity (Wildman–Crippen MR) is 113 cm³/mol. The van der Waals surface area contributed by atoms with Gasteiger partial charge in [0, 0.05) is 12.1 Å². The molecule has 0 radical (unpaired) electrons. The van der Waals surface area contributed by atoms with Crippen molar-refractivity contribution in [3.05, 3.63) is 63.6 Å². The number of carboxylic acid groups (broad SMARTS) is 1. The highest BCUT2D eigenvalue weighted by Gasteiger charge is 2.15. The summed E-state index contributed by atoms with van der Waals surface area (Å²) < 4.78 is 11.5. The SMILES string of the molecule is C/C=C(/C(=O)O)c1ccccc1COc1cc(Cl)c(OCCC(C)C)c(Cl)c1. The third kappa shape index (κ3) is 5.91. The van der Waals surface area contributed by atoms with E-state index in [9.17, 15) is 9.90 Å². The van der Waals surface area contributed by atoms with Gasteiger partial charge in [-0.3, -0.25) is 0 Å². The molecular weight excluding hydrogens is 399 g/mol. The molecule has 4 nitrogen and oxygen atoms in total. The molecule has 6 heteroatoms. The minimum absolute atomic E-state index is 0.182. The minimum atomic E-state index is -0.982. The molecule has 0 heterocycles.